The summed E-state index contributed by atoms with van der Waals surface area (Å²) in [6.07, 6.45) is 0.264. The fraction of sp³-hybridized carbons (Fsp3) is 0.357. The number of nitrogens with zero attached hydrogens (tertiary/aromatic N) is 2. The quantitative estimate of drug-likeness (QED) is 0.770. The molecule has 0 aliphatic carbocycles. The number of aliphatic carboxylic acids is 1. The number of amides is 1. The van der Waals surface area contributed by atoms with E-state index in [1.807, 2.05) is 18.2 Å². The number of hydrogen-bond donors (Lipinski definition) is 2. The van der Waals surface area contributed by atoms with E-state index in [1.165, 1.54) is 0 Å². The molecule has 0 saturated carbocycles. The standard InChI is InChI=1S/C14H15N3O3/c15-6-3-7-16-13(18)9-17-8-11(14(19)20)10-4-1-2-5-12(10)17/h1-2,4-5,11H,3,7-9H2,(H,16,18)(H,19,20). The zero-order valence-electron chi connectivity index (χ0n) is 10.9. The Labute approximate surface area is 116 Å². The number of fused-ring (bicyclic) bond motifs is 1. The van der Waals surface area contributed by atoms with Gasteiger partial charge in [-0.3, -0.25) is 9.59 Å². The van der Waals surface area contributed by atoms with E-state index in [-0.39, 0.29) is 18.9 Å². The second kappa shape index (κ2) is 6.06. The molecule has 6 nitrogen and oxygen atoms in total. The van der Waals surface area contributed by atoms with Crippen LogP contribution in [0.25, 0.3) is 0 Å². The van der Waals surface area contributed by atoms with Gasteiger partial charge in [-0.15, -0.1) is 0 Å². The van der Waals surface area contributed by atoms with Crippen molar-refractivity contribution in [2.75, 3.05) is 24.5 Å². The van der Waals surface area contributed by atoms with Crippen molar-refractivity contribution in [2.45, 2.75) is 12.3 Å². The molecule has 0 saturated heterocycles. The van der Waals surface area contributed by atoms with Gasteiger partial charge in [0.1, 0.15) is 5.92 Å². The topological polar surface area (TPSA) is 93.4 Å². The second-order valence-corrected chi connectivity index (χ2v) is 4.59. The van der Waals surface area contributed by atoms with Gasteiger partial charge in [-0.25, -0.2) is 0 Å². The van der Waals surface area contributed by atoms with Crippen molar-refractivity contribution in [1.82, 2.24) is 5.32 Å². The van der Waals surface area contributed by atoms with Crippen molar-refractivity contribution >= 4 is 17.6 Å². The molecule has 20 heavy (non-hydrogen) atoms. The molecule has 1 amide bonds. The van der Waals surface area contributed by atoms with E-state index in [2.05, 4.69) is 5.32 Å². The Bertz CT molecular complexity index is 565. The molecule has 1 aliphatic heterocycles. The predicted octanol–water partition coefficient (Wildman–Crippen LogP) is 0.705. The number of rotatable bonds is 5. The molecule has 2 rings (SSSR count). The normalized spacial score (nSPS) is 16.4. The van der Waals surface area contributed by atoms with E-state index >= 15 is 0 Å². The highest BCUT2D eigenvalue weighted by Gasteiger charge is 2.33. The maximum Gasteiger partial charge on any atom is 0.312 e. The highest BCUT2D eigenvalue weighted by molar-refractivity contribution is 5.87. The van der Waals surface area contributed by atoms with Crippen molar-refractivity contribution in [3.8, 4) is 6.07 Å². The van der Waals surface area contributed by atoms with E-state index < -0.39 is 11.9 Å². The number of benzene rings is 1. The summed E-state index contributed by atoms with van der Waals surface area (Å²) in [4.78, 5) is 24.8. The molecular formula is C14H15N3O3. The van der Waals surface area contributed by atoms with Crippen molar-refractivity contribution in [3.63, 3.8) is 0 Å². The lowest BCUT2D eigenvalue weighted by Crippen LogP contribution is -2.37. The minimum Gasteiger partial charge on any atom is -0.481 e. The maximum atomic E-state index is 11.8. The van der Waals surface area contributed by atoms with Crippen molar-refractivity contribution < 1.29 is 14.7 Å². The summed E-state index contributed by atoms with van der Waals surface area (Å²) < 4.78 is 0. The largest absolute Gasteiger partial charge is 0.481 e. The summed E-state index contributed by atoms with van der Waals surface area (Å²) in [6, 6.07) is 9.17. The van der Waals surface area contributed by atoms with Gasteiger partial charge in [0.25, 0.3) is 0 Å². The van der Waals surface area contributed by atoms with Gasteiger partial charge in [-0.2, -0.15) is 5.26 Å². The molecule has 1 aliphatic rings. The number of carboxylic acids is 1. The Morgan fingerprint density at radius 3 is 2.90 bits per heavy atom. The maximum absolute atomic E-state index is 11.8. The third-order valence-corrected chi connectivity index (χ3v) is 3.25. The zero-order chi connectivity index (χ0) is 14.5. The number of carboxylic acid groups (broad SMARTS) is 1. The van der Waals surface area contributed by atoms with E-state index in [0.29, 0.717) is 13.1 Å². The Kier molecular flexibility index (Phi) is 4.20. The smallest absolute Gasteiger partial charge is 0.312 e. The first-order valence-corrected chi connectivity index (χ1v) is 6.34. The van der Waals surface area contributed by atoms with Gasteiger partial charge in [0.05, 0.1) is 19.0 Å². The predicted molar refractivity (Wildman–Crippen MR) is 72.3 cm³/mol. The number of nitriles is 1. The molecule has 1 atom stereocenters. The van der Waals surface area contributed by atoms with Gasteiger partial charge in [0.15, 0.2) is 0 Å². The lowest BCUT2D eigenvalue weighted by molar-refractivity contribution is -0.138. The van der Waals surface area contributed by atoms with Crippen LogP contribution in [0.2, 0.25) is 0 Å². The molecule has 0 aromatic heterocycles. The van der Waals surface area contributed by atoms with E-state index in [4.69, 9.17) is 5.26 Å². The minimum atomic E-state index is -0.884. The summed E-state index contributed by atoms with van der Waals surface area (Å²) in [7, 11) is 0. The lowest BCUT2D eigenvalue weighted by Gasteiger charge is -2.18. The molecule has 1 aromatic carbocycles. The summed E-state index contributed by atoms with van der Waals surface area (Å²) >= 11 is 0. The van der Waals surface area contributed by atoms with Crippen LogP contribution in [0.15, 0.2) is 24.3 Å². The molecule has 1 aromatic rings. The number of hydrogen-bond acceptors (Lipinski definition) is 4. The van der Waals surface area contributed by atoms with Crippen LogP contribution in [0.3, 0.4) is 0 Å². The third kappa shape index (κ3) is 2.88. The Morgan fingerprint density at radius 1 is 1.45 bits per heavy atom. The van der Waals surface area contributed by atoms with Gasteiger partial charge in [0.2, 0.25) is 5.91 Å². The molecule has 2 N–H and O–H groups in total. The van der Waals surface area contributed by atoms with Crippen LogP contribution < -0.4 is 10.2 Å². The number of carbonyl (C=O) groups is 2. The highest BCUT2D eigenvalue weighted by atomic mass is 16.4. The van der Waals surface area contributed by atoms with Gasteiger partial charge >= 0.3 is 5.97 Å². The number of anilines is 1. The first-order valence-electron chi connectivity index (χ1n) is 6.34. The molecule has 104 valence electrons. The Hall–Kier alpha value is -2.55. The molecule has 0 radical (unpaired) electrons. The van der Waals surface area contributed by atoms with Gasteiger partial charge in [-0.05, 0) is 11.6 Å². The summed E-state index contributed by atoms with van der Waals surface area (Å²) in [5.74, 6) is -1.69. The average Bonchev–Trinajstić information content (AvgIpc) is 2.78. The fourth-order valence-electron chi connectivity index (χ4n) is 2.34. The number of carbonyl (C=O) groups excluding carboxylic acids is 1. The third-order valence-electron chi connectivity index (χ3n) is 3.25. The van der Waals surface area contributed by atoms with Crippen LogP contribution in [0, 0.1) is 11.3 Å². The zero-order valence-corrected chi connectivity index (χ0v) is 10.9. The molecule has 0 spiro atoms. The lowest BCUT2D eigenvalue weighted by atomic mass is 10.0. The van der Waals surface area contributed by atoms with Crippen molar-refractivity contribution in [2.24, 2.45) is 0 Å². The van der Waals surface area contributed by atoms with Crippen molar-refractivity contribution in [1.29, 1.82) is 5.26 Å². The van der Waals surface area contributed by atoms with E-state index in [1.54, 1.807) is 17.0 Å². The number of nitrogens with one attached hydrogen (secondary N) is 1. The van der Waals surface area contributed by atoms with Crippen LogP contribution in [0.4, 0.5) is 5.69 Å². The Morgan fingerprint density at radius 2 is 2.20 bits per heavy atom. The molecule has 1 unspecified atom stereocenters. The van der Waals surface area contributed by atoms with Crippen LogP contribution >= 0.6 is 0 Å². The summed E-state index contributed by atoms with van der Waals surface area (Å²) in [6.45, 7) is 0.708. The van der Waals surface area contributed by atoms with Crippen LogP contribution in [0.5, 0.6) is 0 Å². The Balaban J connectivity index is 2.06. The first kappa shape index (κ1) is 13.9. The molecular weight excluding hydrogens is 258 g/mol. The first-order chi connectivity index (χ1) is 9.63. The van der Waals surface area contributed by atoms with Crippen LogP contribution in [-0.2, 0) is 9.59 Å². The molecule has 1 heterocycles. The SMILES string of the molecule is N#CCCNC(=O)CN1CC(C(=O)O)c2ccccc21. The molecule has 0 fully saturated rings. The van der Waals surface area contributed by atoms with Gasteiger partial charge in [0, 0.05) is 18.8 Å². The second-order valence-electron chi connectivity index (χ2n) is 4.59. The van der Waals surface area contributed by atoms with E-state index in [0.717, 1.165) is 11.3 Å². The summed E-state index contributed by atoms with van der Waals surface area (Å²) in [5, 5.41) is 20.3. The molecule has 6 heteroatoms. The number of para-hydroxylation sites is 1. The van der Waals surface area contributed by atoms with Crippen molar-refractivity contribution in [3.05, 3.63) is 29.8 Å². The van der Waals surface area contributed by atoms with Crippen LogP contribution in [-0.4, -0.2) is 36.6 Å². The molecule has 0 bridgehead atoms. The van der Waals surface area contributed by atoms with Crippen LogP contribution in [0.1, 0.15) is 17.9 Å². The van der Waals surface area contributed by atoms with Gasteiger partial charge in [-0.1, -0.05) is 18.2 Å². The highest BCUT2D eigenvalue weighted by Crippen LogP contribution is 2.35. The monoisotopic (exact) mass is 273 g/mol. The fourth-order valence-corrected chi connectivity index (χ4v) is 2.34. The summed E-state index contributed by atoms with van der Waals surface area (Å²) in [5.41, 5.74) is 1.53. The van der Waals surface area contributed by atoms with Gasteiger partial charge < -0.3 is 15.3 Å². The minimum absolute atomic E-state index is 0.103. The van der Waals surface area contributed by atoms with E-state index in [9.17, 15) is 14.7 Å². The average molecular weight is 273 g/mol.